The standard InChI is InChI=1S/C27H34N6O2/c1-6-15-33(28-7-2)21-10-11-22(24(17-21)35-5)26-19(4)30-27-25(31-26)18(3)13-16-32(27)23(12-14-29-34)20-8-9-20/h6-7,10-11,13,15,17,20,23H,8-9,12,14,16H2,1-5H3/b15-6-,28-7-. The first-order valence-corrected chi connectivity index (χ1v) is 12.2. The molecule has 4 rings (SSSR count). The third-order valence-corrected chi connectivity index (χ3v) is 6.61. The van der Waals surface area contributed by atoms with E-state index in [0.717, 1.165) is 52.7 Å². The van der Waals surface area contributed by atoms with E-state index in [0.29, 0.717) is 18.2 Å². The second kappa shape index (κ2) is 10.8. The van der Waals surface area contributed by atoms with Crippen LogP contribution in [0.4, 0.5) is 11.5 Å². The normalized spacial score (nSPS) is 16.4. The fourth-order valence-corrected chi connectivity index (χ4v) is 4.73. The molecule has 0 N–H and O–H groups in total. The van der Waals surface area contributed by atoms with Crippen molar-refractivity contribution >= 4 is 23.3 Å². The largest absolute Gasteiger partial charge is 0.496 e. The Balaban J connectivity index is 1.75. The zero-order valence-electron chi connectivity index (χ0n) is 21.2. The Morgan fingerprint density at radius 1 is 1.23 bits per heavy atom. The lowest BCUT2D eigenvalue weighted by atomic mass is 10.0. The molecule has 1 aromatic carbocycles. The molecule has 1 saturated carbocycles. The lowest BCUT2D eigenvalue weighted by molar-refractivity contribution is 0.416. The van der Waals surface area contributed by atoms with E-state index >= 15 is 0 Å². The highest BCUT2D eigenvalue weighted by atomic mass is 16.5. The molecule has 0 saturated heterocycles. The van der Waals surface area contributed by atoms with Crippen molar-refractivity contribution in [1.29, 1.82) is 0 Å². The number of ether oxygens (including phenoxy) is 1. The smallest absolute Gasteiger partial charge is 0.155 e. The highest BCUT2D eigenvalue weighted by molar-refractivity contribution is 5.79. The number of benzene rings is 1. The monoisotopic (exact) mass is 474 g/mol. The maximum atomic E-state index is 10.9. The SMILES string of the molecule is C/C=C\N(/N=C\C)c1ccc(-c2nc3c(nc2C)N(C(CCN=O)C2CC2)CC=C3C)c(OC)c1. The number of methoxy groups -OCH3 is 1. The van der Waals surface area contributed by atoms with Gasteiger partial charge in [-0.15, -0.1) is 0 Å². The van der Waals surface area contributed by atoms with E-state index < -0.39 is 0 Å². The van der Waals surface area contributed by atoms with Gasteiger partial charge in [-0.1, -0.05) is 17.3 Å². The first-order valence-electron chi connectivity index (χ1n) is 12.2. The summed E-state index contributed by atoms with van der Waals surface area (Å²) < 4.78 is 5.78. The zero-order valence-corrected chi connectivity index (χ0v) is 21.2. The zero-order chi connectivity index (χ0) is 24.9. The molecule has 2 aromatic rings. The number of fused-ring (bicyclic) bond motifs is 1. The summed E-state index contributed by atoms with van der Waals surface area (Å²) in [6, 6.07) is 6.26. The summed E-state index contributed by atoms with van der Waals surface area (Å²) in [7, 11) is 1.67. The Bertz CT molecular complexity index is 1160. The Labute approximate surface area is 207 Å². The van der Waals surface area contributed by atoms with E-state index in [1.165, 1.54) is 12.8 Å². The second-order valence-corrected chi connectivity index (χ2v) is 9.00. The molecule has 0 amide bonds. The van der Waals surface area contributed by atoms with Crippen molar-refractivity contribution in [3.63, 3.8) is 0 Å². The van der Waals surface area contributed by atoms with Crippen LogP contribution in [0.5, 0.6) is 5.75 Å². The van der Waals surface area contributed by atoms with Gasteiger partial charge in [-0.2, -0.15) is 10.0 Å². The van der Waals surface area contributed by atoms with E-state index in [1.54, 1.807) is 18.3 Å². The highest BCUT2D eigenvalue weighted by Gasteiger charge is 2.37. The number of nitroso groups, excluding NO2 is 1. The predicted octanol–water partition coefficient (Wildman–Crippen LogP) is 5.96. The fraction of sp³-hybridized carbons (Fsp3) is 0.444. The topological polar surface area (TPSA) is 83.3 Å². The van der Waals surface area contributed by atoms with Gasteiger partial charge in [-0.25, -0.2) is 15.0 Å². The van der Waals surface area contributed by atoms with Crippen LogP contribution in [0.3, 0.4) is 0 Å². The van der Waals surface area contributed by atoms with Gasteiger partial charge in [0.15, 0.2) is 5.82 Å². The molecule has 2 aliphatic rings. The predicted molar refractivity (Wildman–Crippen MR) is 143 cm³/mol. The van der Waals surface area contributed by atoms with Gasteiger partial charge in [0.25, 0.3) is 0 Å². The minimum absolute atomic E-state index is 0.265. The van der Waals surface area contributed by atoms with Crippen LogP contribution in [0.25, 0.3) is 16.8 Å². The van der Waals surface area contributed by atoms with Crippen molar-refractivity contribution in [2.45, 2.75) is 53.0 Å². The summed E-state index contributed by atoms with van der Waals surface area (Å²) >= 11 is 0. The first-order chi connectivity index (χ1) is 17.0. The van der Waals surface area contributed by atoms with E-state index in [4.69, 9.17) is 14.7 Å². The summed E-state index contributed by atoms with van der Waals surface area (Å²) in [5.41, 5.74) is 5.42. The summed E-state index contributed by atoms with van der Waals surface area (Å²) in [6.07, 6.45) is 10.9. The fourth-order valence-electron chi connectivity index (χ4n) is 4.73. The minimum atomic E-state index is 0.265. The van der Waals surface area contributed by atoms with Crippen LogP contribution in [-0.2, 0) is 0 Å². The highest BCUT2D eigenvalue weighted by Crippen LogP contribution is 2.42. The minimum Gasteiger partial charge on any atom is -0.496 e. The van der Waals surface area contributed by atoms with Gasteiger partial charge in [0, 0.05) is 36.6 Å². The van der Waals surface area contributed by atoms with Crippen LogP contribution in [0.1, 0.15) is 51.4 Å². The van der Waals surface area contributed by atoms with Gasteiger partial charge >= 0.3 is 0 Å². The van der Waals surface area contributed by atoms with Crippen LogP contribution < -0.4 is 14.6 Å². The first kappa shape index (κ1) is 24.6. The molecule has 1 atom stereocenters. The number of hydrazone groups is 1. The van der Waals surface area contributed by atoms with Gasteiger partial charge < -0.3 is 9.64 Å². The van der Waals surface area contributed by atoms with Crippen molar-refractivity contribution in [2.75, 3.05) is 30.1 Å². The van der Waals surface area contributed by atoms with E-state index in [9.17, 15) is 4.91 Å². The Morgan fingerprint density at radius 3 is 2.69 bits per heavy atom. The van der Waals surface area contributed by atoms with Crippen LogP contribution >= 0.6 is 0 Å². The van der Waals surface area contributed by atoms with Crippen molar-refractivity contribution in [3.8, 4) is 17.0 Å². The molecule has 0 bridgehead atoms. The molecule has 0 spiro atoms. The van der Waals surface area contributed by atoms with E-state index in [2.05, 4.69) is 28.2 Å². The Kier molecular flexibility index (Phi) is 7.58. The maximum Gasteiger partial charge on any atom is 0.155 e. The third-order valence-electron chi connectivity index (χ3n) is 6.61. The third kappa shape index (κ3) is 5.11. The van der Waals surface area contributed by atoms with E-state index in [1.807, 2.05) is 51.2 Å². The molecule has 1 aliphatic carbocycles. The maximum absolute atomic E-state index is 10.9. The number of hydrogen-bond acceptors (Lipinski definition) is 8. The lowest BCUT2D eigenvalue weighted by Gasteiger charge is -2.36. The van der Waals surface area contributed by atoms with Gasteiger partial charge in [-0.3, -0.25) is 0 Å². The van der Waals surface area contributed by atoms with Crippen molar-refractivity contribution in [2.24, 2.45) is 16.2 Å². The van der Waals surface area contributed by atoms with Crippen LogP contribution in [0, 0.1) is 17.7 Å². The van der Waals surface area contributed by atoms with Crippen LogP contribution in [0.2, 0.25) is 0 Å². The molecule has 35 heavy (non-hydrogen) atoms. The van der Waals surface area contributed by atoms with Crippen LogP contribution in [-0.4, -0.2) is 42.4 Å². The van der Waals surface area contributed by atoms with Crippen molar-refractivity contribution < 1.29 is 4.74 Å². The molecule has 1 aromatic heterocycles. The summed E-state index contributed by atoms with van der Waals surface area (Å²) in [5, 5.41) is 9.34. The van der Waals surface area contributed by atoms with Crippen molar-refractivity contribution in [1.82, 2.24) is 9.97 Å². The van der Waals surface area contributed by atoms with Crippen LogP contribution in [0.15, 0.2) is 46.8 Å². The number of hydrogen-bond donors (Lipinski definition) is 0. The summed E-state index contributed by atoms with van der Waals surface area (Å²) in [4.78, 5) is 23.4. The number of aryl methyl sites for hydroxylation is 1. The average molecular weight is 475 g/mol. The number of anilines is 2. The molecule has 184 valence electrons. The number of allylic oxidation sites excluding steroid dienone is 2. The Morgan fingerprint density at radius 2 is 2.03 bits per heavy atom. The molecular formula is C27H34N6O2. The number of rotatable bonds is 10. The molecule has 8 nitrogen and oxygen atoms in total. The molecule has 1 unspecified atom stereocenters. The van der Waals surface area contributed by atoms with Crippen molar-refractivity contribution in [3.05, 3.63) is 52.8 Å². The molecule has 0 radical (unpaired) electrons. The van der Waals surface area contributed by atoms with Gasteiger partial charge in [0.05, 0.1) is 30.7 Å². The van der Waals surface area contributed by atoms with Gasteiger partial charge in [0.2, 0.25) is 0 Å². The lowest BCUT2D eigenvalue weighted by Crippen LogP contribution is -2.40. The number of nitrogens with zero attached hydrogens (tertiary/aromatic N) is 6. The van der Waals surface area contributed by atoms with E-state index in [-0.39, 0.29) is 6.04 Å². The average Bonchev–Trinajstić information content (AvgIpc) is 3.70. The molecule has 1 fully saturated rings. The van der Waals surface area contributed by atoms with Gasteiger partial charge in [0.1, 0.15) is 11.4 Å². The van der Waals surface area contributed by atoms with Gasteiger partial charge in [-0.05, 0) is 70.6 Å². The summed E-state index contributed by atoms with van der Waals surface area (Å²) in [5.74, 6) is 2.21. The molecule has 1 aliphatic heterocycles. The Hall–Kier alpha value is -3.55. The second-order valence-electron chi connectivity index (χ2n) is 9.00. The quantitative estimate of drug-likeness (QED) is 0.240. The summed E-state index contributed by atoms with van der Waals surface area (Å²) in [6.45, 7) is 9.03. The molecule has 2 heterocycles. The molecular weight excluding hydrogens is 440 g/mol. The molecule has 8 heteroatoms. The number of aromatic nitrogens is 2.